The Hall–Kier alpha value is -2.65. The highest BCUT2D eigenvalue weighted by atomic mass is 16.6. The molecule has 5 fully saturated rings. The minimum absolute atomic E-state index is 0.00549. The Labute approximate surface area is 512 Å². The van der Waals surface area contributed by atoms with Crippen LogP contribution < -0.4 is 0 Å². The molecule has 0 aromatic carbocycles. The molecule has 10 heteroatoms. The molecular formula is C73H136O10. The van der Waals surface area contributed by atoms with Gasteiger partial charge < -0.3 is 23.7 Å². The van der Waals surface area contributed by atoms with E-state index in [1.54, 1.807) is 0 Å². The molecule has 5 saturated heterocycles. The van der Waals surface area contributed by atoms with Crippen molar-refractivity contribution in [2.75, 3.05) is 0 Å². The van der Waals surface area contributed by atoms with Gasteiger partial charge in [-0.1, -0.05) is 259 Å². The van der Waals surface area contributed by atoms with Crippen molar-refractivity contribution in [1.29, 1.82) is 0 Å². The Bertz CT molecular complexity index is 1550. The van der Waals surface area contributed by atoms with E-state index in [-0.39, 0.29) is 59.4 Å². The maximum atomic E-state index is 11.1. The molecular weight excluding hydrogens is 1040 g/mol. The summed E-state index contributed by atoms with van der Waals surface area (Å²) in [5.41, 5.74) is -0.275. The summed E-state index contributed by atoms with van der Waals surface area (Å²) in [5, 5.41) is 0. The predicted octanol–water partition coefficient (Wildman–Crippen LogP) is 22.3. The van der Waals surface area contributed by atoms with Crippen molar-refractivity contribution in [3.05, 3.63) is 0 Å². The summed E-state index contributed by atoms with van der Waals surface area (Å²) in [6.45, 7) is 15.4. The van der Waals surface area contributed by atoms with Gasteiger partial charge in [0.05, 0.1) is 0 Å². The van der Waals surface area contributed by atoms with Crippen LogP contribution in [-0.2, 0) is 47.7 Å². The van der Waals surface area contributed by atoms with Crippen LogP contribution in [-0.4, -0.2) is 59.4 Å². The summed E-state index contributed by atoms with van der Waals surface area (Å²) in [5.74, 6) is 0.00659. The third kappa shape index (κ3) is 48.1. The second kappa shape index (κ2) is 54.7. The van der Waals surface area contributed by atoms with Gasteiger partial charge in [0.15, 0.2) is 0 Å². The van der Waals surface area contributed by atoms with Gasteiger partial charge in [0.2, 0.25) is 0 Å². The predicted molar refractivity (Wildman–Crippen MR) is 346 cm³/mol. The van der Waals surface area contributed by atoms with E-state index in [1.165, 1.54) is 257 Å². The molecule has 0 spiro atoms. The number of hydrogen-bond acceptors (Lipinski definition) is 10. The van der Waals surface area contributed by atoms with E-state index in [0.29, 0.717) is 32.1 Å². The molecule has 0 saturated carbocycles. The Morgan fingerprint density at radius 1 is 0.289 bits per heavy atom. The number of cyclic esters (lactones) is 5. The first-order valence-electron chi connectivity index (χ1n) is 36.3. The van der Waals surface area contributed by atoms with E-state index in [4.69, 9.17) is 23.7 Å². The molecule has 83 heavy (non-hydrogen) atoms. The van der Waals surface area contributed by atoms with Crippen LogP contribution in [0.15, 0.2) is 0 Å². The van der Waals surface area contributed by atoms with Crippen LogP contribution in [0.4, 0.5) is 0 Å². The van der Waals surface area contributed by atoms with E-state index in [2.05, 4.69) is 48.5 Å². The molecule has 0 N–H and O–H groups in total. The summed E-state index contributed by atoms with van der Waals surface area (Å²) >= 11 is 0. The average Bonchev–Trinajstić information content (AvgIpc) is 4.44. The topological polar surface area (TPSA) is 132 Å². The van der Waals surface area contributed by atoms with Gasteiger partial charge in [-0.15, -0.1) is 0 Å². The lowest BCUT2D eigenvalue weighted by Gasteiger charge is -2.22. The van der Waals surface area contributed by atoms with Crippen molar-refractivity contribution in [3.8, 4) is 0 Å². The lowest BCUT2D eigenvalue weighted by Crippen LogP contribution is -2.23. The van der Waals surface area contributed by atoms with Crippen LogP contribution in [0.2, 0.25) is 0 Å². The van der Waals surface area contributed by atoms with Gasteiger partial charge >= 0.3 is 29.8 Å². The highest BCUT2D eigenvalue weighted by Gasteiger charge is 2.36. The zero-order valence-electron chi connectivity index (χ0n) is 55.9. The van der Waals surface area contributed by atoms with Gasteiger partial charge in [0.25, 0.3) is 0 Å². The van der Waals surface area contributed by atoms with Gasteiger partial charge in [0.1, 0.15) is 29.5 Å². The molecule has 0 bridgehead atoms. The van der Waals surface area contributed by atoms with E-state index < -0.39 is 0 Å². The summed E-state index contributed by atoms with van der Waals surface area (Å²) in [7, 11) is 0. The second-order valence-electron chi connectivity index (χ2n) is 26.4. The zero-order valence-corrected chi connectivity index (χ0v) is 55.9. The number of esters is 5. The van der Waals surface area contributed by atoms with Crippen LogP contribution >= 0.6 is 0 Å². The lowest BCUT2D eigenvalue weighted by molar-refractivity contribution is -0.154. The number of rotatable bonds is 45. The molecule has 10 nitrogen and oxygen atoms in total. The van der Waals surface area contributed by atoms with Gasteiger partial charge in [-0.3, -0.25) is 24.0 Å². The number of carbonyl (C=O) groups is 5. The van der Waals surface area contributed by atoms with Gasteiger partial charge in [-0.25, -0.2) is 0 Å². The molecule has 0 amide bonds. The Kier molecular flexibility index (Phi) is 51.7. The van der Waals surface area contributed by atoms with Crippen LogP contribution in [0.5, 0.6) is 0 Å². The molecule has 5 rings (SSSR count). The lowest BCUT2D eigenvalue weighted by atomic mass is 9.95. The van der Waals surface area contributed by atoms with Crippen LogP contribution in [0.3, 0.4) is 0 Å². The molecule has 5 aliphatic heterocycles. The van der Waals surface area contributed by atoms with E-state index in [0.717, 1.165) is 70.6 Å². The number of carbonyl (C=O) groups excluding carboxylic acids is 5. The number of ether oxygens (including phenoxy) is 5. The molecule has 5 unspecified atom stereocenters. The Balaban J connectivity index is 0.000000520. The summed E-state index contributed by atoms with van der Waals surface area (Å²) in [4.78, 5) is 54.9. The van der Waals surface area contributed by atoms with Crippen molar-refractivity contribution >= 4 is 29.8 Å². The summed E-state index contributed by atoms with van der Waals surface area (Å²) in [6.07, 6.45) is 68.9. The van der Waals surface area contributed by atoms with Gasteiger partial charge in [0, 0.05) is 32.1 Å². The molecule has 0 aliphatic carbocycles. The monoisotopic (exact) mass is 1170 g/mol. The fourth-order valence-corrected chi connectivity index (χ4v) is 12.2. The maximum Gasteiger partial charge on any atom is 0.306 e. The van der Waals surface area contributed by atoms with Crippen molar-refractivity contribution in [2.45, 2.75) is 438 Å². The third-order valence-corrected chi connectivity index (χ3v) is 17.8. The zero-order chi connectivity index (χ0) is 60.8. The fraction of sp³-hybridized carbons (Fsp3) is 0.932. The van der Waals surface area contributed by atoms with Crippen molar-refractivity contribution in [2.24, 2.45) is 0 Å². The highest BCUT2D eigenvalue weighted by Crippen LogP contribution is 2.33. The molecule has 5 atom stereocenters. The average molecular weight is 1170 g/mol. The number of unbranched alkanes of at least 4 members (excludes halogenated alkanes) is 35. The van der Waals surface area contributed by atoms with E-state index in [9.17, 15) is 24.0 Å². The van der Waals surface area contributed by atoms with Gasteiger partial charge in [-0.05, 0) is 117 Å². The van der Waals surface area contributed by atoms with Crippen LogP contribution in [0, 0.1) is 0 Å². The first-order chi connectivity index (χ1) is 40.3. The standard InChI is InChI=1S/C17H32O2.C15H28O2.2C14H26O2.C13H24O2/c1-2-3-4-5-6-7-8-9-10-11-12-13-16-14-15-17(18)19-16;1-2-3-4-5-6-7-8-9-10-11-14-12-13-15(16)17-14;1-3-4-5-6-7-8-9-11-14(2)12-10-13(15)16-14;1-2-3-4-5-6-7-8-10-13-11-9-12-14(15)16-13;1-3-4-5-6-7-8-10-13(2)11-9-12(14)15-13/h16H,2-15H2,1H3;14H,2-13H2,1H3;3-12H2,1-2H3;13H,2-12H2,1H3;3-11H2,1-2H3. The SMILES string of the molecule is CCCCCCCCC1(C)CCC(=O)O1.CCCCCCCCCC1(C)CCC(=O)O1.CCCCCCCCCC1CCCC(=O)O1.CCCCCCCCCCCC1CCC(=O)O1.CCCCCCCCCCCCCC1CCC(=O)O1. The van der Waals surface area contributed by atoms with Gasteiger partial charge in [-0.2, -0.15) is 0 Å². The molecule has 5 heterocycles. The van der Waals surface area contributed by atoms with Crippen molar-refractivity contribution < 1.29 is 47.7 Å². The minimum Gasteiger partial charge on any atom is -0.462 e. The normalized spacial score (nSPS) is 21.7. The number of hydrogen-bond donors (Lipinski definition) is 0. The molecule has 0 aromatic heterocycles. The van der Waals surface area contributed by atoms with Crippen LogP contribution in [0.25, 0.3) is 0 Å². The first-order valence-corrected chi connectivity index (χ1v) is 36.3. The highest BCUT2D eigenvalue weighted by molar-refractivity contribution is 5.73. The van der Waals surface area contributed by atoms with Crippen molar-refractivity contribution in [1.82, 2.24) is 0 Å². The summed E-state index contributed by atoms with van der Waals surface area (Å²) in [6, 6.07) is 0. The molecule has 5 aliphatic rings. The smallest absolute Gasteiger partial charge is 0.306 e. The van der Waals surface area contributed by atoms with Crippen LogP contribution in [0.1, 0.15) is 408 Å². The minimum atomic E-state index is -0.138. The molecule has 488 valence electrons. The Morgan fingerprint density at radius 2 is 0.530 bits per heavy atom. The third-order valence-electron chi connectivity index (χ3n) is 17.8. The molecule has 0 radical (unpaired) electrons. The Morgan fingerprint density at radius 3 is 0.771 bits per heavy atom. The quantitative estimate of drug-likeness (QED) is 0.0330. The fourth-order valence-electron chi connectivity index (χ4n) is 12.2. The van der Waals surface area contributed by atoms with Crippen molar-refractivity contribution in [3.63, 3.8) is 0 Å². The second-order valence-corrected chi connectivity index (χ2v) is 26.4. The molecule has 0 aromatic rings. The van der Waals surface area contributed by atoms with E-state index in [1.807, 2.05) is 0 Å². The largest absolute Gasteiger partial charge is 0.462 e. The first kappa shape index (κ1) is 78.4. The van der Waals surface area contributed by atoms with E-state index >= 15 is 0 Å². The summed E-state index contributed by atoms with van der Waals surface area (Å²) < 4.78 is 26.4. The maximum absolute atomic E-state index is 11.1.